The van der Waals surface area contributed by atoms with Crippen molar-refractivity contribution in [3.8, 4) is 0 Å². The first kappa shape index (κ1) is 11.2. The molecule has 2 rings (SSSR count). The first-order valence-corrected chi connectivity index (χ1v) is 5.57. The Morgan fingerprint density at radius 3 is 2.35 bits per heavy atom. The molecule has 0 amide bonds. The van der Waals surface area contributed by atoms with Gasteiger partial charge in [0.05, 0.1) is 0 Å². The molecule has 2 aromatic rings. The first-order chi connectivity index (χ1) is 8.40. The van der Waals surface area contributed by atoms with Crippen molar-refractivity contribution in [2.75, 3.05) is 0 Å². The molecule has 0 atom stereocenters. The average molecular weight is 223 g/mol. The van der Waals surface area contributed by atoms with E-state index in [9.17, 15) is 0 Å². The van der Waals surface area contributed by atoms with Gasteiger partial charge in [-0.25, -0.2) is 0 Å². The number of benzene rings is 2. The van der Waals surface area contributed by atoms with Gasteiger partial charge in [0.2, 0.25) is 0 Å². The molecule has 0 aliphatic carbocycles. The maximum absolute atomic E-state index is 8.49. The third-order valence-corrected chi connectivity index (χ3v) is 2.67. The molecule has 0 N–H and O–H groups in total. The van der Waals surface area contributed by atoms with Crippen LogP contribution in [0.1, 0.15) is 11.1 Å². The van der Waals surface area contributed by atoms with E-state index in [1.807, 2.05) is 42.5 Å². The monoisotopic (exact) mass is 223 g/mol. The molecule has 3 nitrogen and oxygen atoms in total. The minimum absolute atomic E-state index is 0.728. The minimum Gasteiger partial charge on any atom is -0.0622 e. The van der Waals surface area contributed by atoms with Crippen LogP contribution >= 0.6 is 0 Å². The van der Waals surface area contributed by atoms with Crippen LogP contribution in [0.5, 0.6) is 0 Å². The van der Waals surface area contributed by atoms with E-state index < -0.39 is 0 Å². The standard InChI is InChI=1S/C14H13N3/c15-17-16-14-9-5-4-8-13(14)11-10-12-6-2-1-3-7-12/h1-9H,10-11H2. The Kier molecular flexibility index (Phi) is 3.79. The SMILES string of the molecule is [N-]=[N+]=Nc1ccccc1CCc1ccccc1. The summed E-state index contributed by atoms with van der Waals surface area (Å²) in [6, 6.07) is 18.0. The number of azide groups is 1. The van der Waals surface area contributed by atoms with E-state index in [1.54, 1.807) is 0 Å². The molecule has 3 heteroatoms. The Labute approximate surface area is 100 Å². The summed E-state index contributed by atoms with van der Waals surface area (Å²) in [5, 5.41) is 3.70. The van der Waals surface area contributed by atoms with Crippen molar-refractivity contribution in [1.29, 1.82) is 0 Å². The smallest absolute Gasteiger partial charge is 0.0407 e. The van der Waals surface area contributed by atoms with E-state index in [-0.39, 0.29) is 0 Å². The van der Waals surface area contributed by atoms with Crippen LogP contribution < -0.4 is 0 Å². The van der Waals surface area contributed by atoms with E-state index in [2.05, 4.69) is 22.2 Å². The molecule has 0 heterocycles. The first-order valence-electron chi connectivity index (χ1n) is 5.57. The molecule has 0 fully saturated rings. The highest BCUT2D eigenvalue weighted by Gasteiger charge is 2.00. The molecular weight excluding hydrogens is 210 g/mol. The van der Waals surface area contributed by atoms with Crippen LogP contribution in [-0.2, 0) is 12.8 Å². The van der Waals surface area contributed by atoms with Gasteiger partial charge in [-0.3, -0.25) is 0 Å². The molecule has 0 unspecified atom stereocenters. The lowest BCUT2D eigenvalue weighted by Crippen LogP contribution is -1.91. The number of rotatable bonds is 4. The highest BCUT2D eigenvalue weighted by Crippen LogP contribution is 2.20. The minimum atomic E-state index is 0.728. The molecule has 17 heavy (non-hydrogen) atoms. The zero-order chi connectivity index (χ0) is 11.9. The molecule has 0 saturated carbocycles. The molecule has 0 bridgehead atoms. The summed E-state index contributed by atoms with van der Waals surface area (Å²) in [6.45, 7) is 0. The maximum Gasteiger partial charge on any atom is 0.0407 e. The van der Waals surface area contributed by atoms with Gasteiger partial charge >= 0.3 is 0 Å². The van der Waals surface area contributed by atoms with Crippen molar-refractivity contribution < 1.29 is 0 Å². The quantitative estimate of drug-likeness (QED) is 0.418. The Morgan fingerprint density at radius 2 is 1.59 bits per heavy atom. The fraction of sp³-hybridized carbons (Fsp3) is 0.143. The van der Waals surface area contributed by atoms with Crippen LogP contribution in [0.25, 0.3) is 10.4 Å². The predicted octanol–water partition coefficient (Wildman–Crippen LogP) is 4.41. The van der Waals surface area contributed by atoms with E-state index in [0.717, 1.165) is 24.1 Å². The lowest BCUT2D eigenvalue weighted by molar-refractivity contribution is 0.959. The summed E-state index contributed by atoms with van der Waals surface area (Å²) in [6.07, 6.45) is 1.85. The van der Waals surface area contributed by atoms with Crippen molar-refractivity contribution in [3.63, 3.8) is 0 Å². The van der Waals surface area contributed by atoms with Gasteiger partial charge in [0.1, 0.15) is 0 Å². The summed E-state index contributed by atoms with van der Waals surface area (Å²) in [5.74, 6) is 0. The summed E-state index contributed by atoms with van der Waals surface area (Å²) in [5.41, 5.74) is 11.6. The van der Waals surface area contributed by atoms with Crippen molar-refractivity contribution in [2.24, 2.45) is 5.11 Å². The van der Waals surface area contributed by atoms with E-state index >= 15 is 0 Å². The lowest BCUT2D eigenvalue weighted by Gasteiger charge is -2.04. The van der Waals surface area contributed by atoms with Gasteiger partial charge in [-0.2, -0.15) is 0 Å². The fourth-order valence-electron chi connectivity index (χ4n) is 1.79. The molecule has 0 aromatic heterocycles. The summed E-state index contributed by atoms with van der Waals surface area (Å²) < 4.78 is 0. The zero-order valence-corrected chi connectivity index (χ0v) is 9.45. The molecule has 0 radical (unpaired) electrons. The summed E-state index contributed by atoms with van der Waals surface area (Å²) >= 11 is 0. The molecule has 0 aliphatic rings. The van der Waals surface area contributed by atoms with Crippen LogP contribution in [0.3, 0.4) is 0 Å². The van der Waals surface area contributed by atoms with Crippen LogP contribution in [0.15, 0.2) is 59.7 Å². The fourth-order valence-corrected chi connectivity index (χ4v) is 1.79. The lowest BCUT2D eigenvalue weighted by atomic mass is 10.0. The second kappa shape index (κ2) is 5.73. The van der Waals surface area contributed by atoms with Crippen molar-refractivity contribution >= 4 is 5.69 Å². The van der Waals surface area contributed by atoms with Gasteiger partial charge in [-0.15, -0.1) is 0 Å². The summed E-state index contributed by atoms with van der Waals surface area (Å²) in [4.78, 5) is 2.85. The number of hydrogen-bond acceptors (Lipinski definition) is 1. The van der Waals surface area contributed by atoms with Crippen LogP contribution in [0.4, 0.5) is 5.69 Å². The molecule has 0 aliphatic heterocycles. The van der Waals surface area contributed by atoms with Gasteiger partial charge in [0, 0.05) is 10.6 Å². The van der Waals surface area contributed by atoms with E-state index in [1.165, 1.54) is 5.56 Å². The number of nitrogens with zero attached hydrogens (tertiary/aromatic N) is 3. The van der Waals surface area contributed by atoms with E-state index in [0.29, 0.717) is 0 Å². The zero-order valence-electron chi connectivity index (χ0n) is 9.45. The molecule has 0 saturated heterocycles. The Morgan fingerprint density at radius 1 is 0.882 bits per heavy atom. The Bertz CT molecular complexity index is 528. The second-order valence-electron chi connectivity index (χ2n) is 3.80. The molecular formula is C14H13N3. The van der Waals surface area contributed by atoms with Crippen LogP contribution in [0.2, 0.25) is 0 Å². The maximum atomic E-state index is 8.49. The van der Waals surface area contributed by atoms with Gasteiger partial charge in [0.25, 0.3) is 0 Å². The Balaban J connectivity index is 2.11. The number of aryl methyl sites for hydroxylation is 2. The summed E-state index contributed by atoms with van der Waals surface area (Å²) in [7, 11) is 0. The highest BCUT2D eigenvalue weighted by molar-refractivity contribution is 5.45. The van der Waals surface area contributed by atoms with Crippen LogP contribution in [0, 0.1) is 0 Å². The Hall–Kier alpha value is -2.25. The normalized spacial score (nSPS) is 9.65. The third kappa shape index (κ3) is 3.10. The average Bonchev–Trinajstić information content (AvgIpc) is 2.39. The number of hydrogen-bond donors (Lipinski definition) is 0. The van der Waals surface area contributed by atoms with E-state index in [4.69, 9.17) is 5.53 Å². The van der Waals surface area contributed by atoms with Crippen LogP contribution in [-0.4, -0.2) is 0 Å². The molecule has 2 aromatic carbocycles. The van der Waals surface area contributed by atoms with Crippen molar-refractivity contribution in [2.45, 2.75) is 12.8 Å². The molecule has 0 spiro atoms. The van der Waals surface area contributed by atoms with Gasteiger partial charge in [-0.1, -0.05) is 59.7 Å². The second-order valence-corrected chi connectivity index (χ2v) is 3.80. The van der Waals surface area contributed by atoms with Crippen molar-refractivity contribution in [1.82, 2.24) is 0 Å². The van der Waals surface area contributed by atoms with Gasteiger partial charge in [-0.05, 0) is 29.5 Å². The predicted molar refractivity (Wildman–Crippen MR) is 69.1 cm³/mol. The topological polar surface area (TPSA) is 48.8 Å². The highest BCUT2D eigenvalue weighted by atomic mass is 15.1. The largest absolute Gasteiger partial charge is 0.0622 e. The van der Waals surface area contributed by atoms with Gasteiger partial charge in [0.15, 0.2) is 0 Å². The third-order valence-electron chi connectivity index (χ3n) is 2.67. The van der Waals surface area contributed by atoms with Gasteiger partial charge < -0.3 is 0 Å². The molecule has 84 valence electrons. The van der Waals surface area contributed by atoms with Crippen molar-refractivity contribution in [3.05, 3.63) is 76.2 Å².